The fourth-order valence-corrected chi connectivity index (χ4v) is 3.81. The van der Waals surface area contributed by atoms with Crippen LogP contribution in [-0.2, 0) is 6.18 Å². The van der Waals surface area contributed by atoms with Gasteiger partial charge in [-0.15, -0.1) is 0 Å². The molecule has 2 unspecified atom stereocenters. The number of β-amino-alcohol motifs (C(OH)–C–C–N with tert-alkyl or cyclic N) is 1. The van der Waals surface area contributed by atoms with Crippen molar-refractivity contribution in [3.8, 4) is 0 Å². The number of H-pyrrole nitrogens is 1. The van der Waals surface area contributed by atoms with E-state index in [-0.39, 0.29) is 18.9 Å². The number of amides is 1. The fraction of sp³-hybridized carbons (Fsp3) is 0.300. The van der Waals surface area contributed by atoms with Crippen molar-refractivity contribution in [2.75, 3.05) is 6.54 Å². The van der Waals surface area contributed by atoms with Gasteiger partial charge in [0.15, 0.2) is 0 Å². The number of likely N-dealkylation sites (tertiary alicyclic amines) is 1. The van der Waals surface area contributed by atoms with Crippen molar-refractivity contribution in [2.24, 2.45) is 0 Å². The molecule has 1 saturated heterocycles. The summed E-state index contributed by atoms with van der Waals surface area (Å²) in [6.45, 7) is 1.91. The molecule has 28 heavy (non-hydrogen) atoms. The van der Waals surface area contributed by atoms with Crippen molar-refractivity contribution in [1.29, 1.82) is 0 Å². The number of aromatic nitrogens is 2. The third-order valence-electron chi connectivity index (χ3n) is 5.06. The standard InChI is InChI=1S/C20H18F3N3O2/c1-11-5-13-9-24-25-18(13)16(6-11)19(28)26-10-15(27)8-17(26)12-3-2-4-14(7-12)20(21,22)23/h2-7,9,15,17,27H,8,10H2,1H3,(H,24,25). The Labute approximate surface area is 158 Å². The molecule has 1 fully saturated rings. The number of halogens is 3. The Balaban J connectivity index is 1.74. The Hall–Kier alpha value is -2.87. The smallest absolute Gasteiger partial charge is 0.391 e. The maximum absolute atomic E-state index is 13.3. The average molecular weight is 389 g/mol. The molecular weight excluding hydrogens is 371 g/mol. The molecule has 2 N–H and O–H groups in total. The first-order valence-electron chi connectivity index (χ1n) is 8.84. The van der Waals surface area contributed by atoms with Gasteiger partial charge < -0.3 is 10.0 Å². The quantitative estimate of drug-likeness (QED) is 0.700. The summed E-state index contributed by atoms with van der Waals surface area (Å²) in [7, 11) is 0. The number of nitrogens with zero attached hydrogens (tertiary/aromatic N) is 2. The van der Waals surface area contributed by atoms with Crippen molar-refractivity contribution in [2.45, 2.75) is 31.7 Å². The van der Waals surface area contributed by atoms with Crippen LogP contribution < -0.4 is 0 Å². The van der Waals surface area contributed by atoms with Crippen LogP contribution in [0.3, 0.4) is 0 Å². The Morgan fingerprint density at radius 3 is 2.82 bits per heavy atom. The molecule has 2 atom stereocenters. The summed E-state index contributed by atoms with van der Waals surface area (Å²) in [5.41, 5.74) is 1.41. The van der Waals surface area contributed by atoms with Crippen LogP contribution >= 0.6 is 0 Å². The molecule has 8 heteroatoms. The summed E-state index contributed by atoms with van der Waals surface area (Å²) < 4.78 is 39.3. The molecule has 1 aromatic heterocycles. The zero-order chi connectivity index (χ0) is 20.1. The molecule has 0 aliphatic carbocycles. The maximum Gasteiger partial charge on any atom is 0.416 e. The van der Waals surface area contributed by atoms with Gasteiger partial charge in [0.05, 0.1) is 35.0 Å². The number of carbonyl (C=O) groups excluding carboxylic acids is 1. The third kappa shape index (κ3) is 3.24. The molecule has 1 aliphatic rings. The number of rotatable bonds is 2. The molecule has 2 aromatic carbocycles. The second-order valence-corrected chi connectivity index (χ2v) is 7.13. The lowest BCUT2D eigenvalue weighted by atomic mass is 10.00. The molecule has 1 aliphatic heterocycles. The molecule has 2 heterocycles. The first-order valence-corrected chi connectivity index (χ1v) is 8.84. The highest BCUT2D eigenvalue weighted by molar-refractivity contribution is 6.06. The molecule has 0 bridgehead atoms. The molecule has 1 amide bonds. The Bertz CT molecular complexity index is 1040. The molecule has 3 aromatic rings. The maximum atomic E-state index is 13.3. The predicted molar refractivity (Wildman–Crippen MR) is 96.7 cm³/mol. The molecule has 0 spiro atoms. The van der Waals surface area contributed by atoms with Crippen molar-refractivity contribution in [3.05, 3.63) is 64.8 Å². The topological polar surface area (TPSA) is 69.2 Å². The Morgan fingerprint density at radius 1 is 1.29 bits per heavy atom. The Morgan fingerprint density at radius 2 is 2.07 bits per heavy atom. The van der Waals surface area contributed by atoms with Crippen LogP contribution in [0.25, 0.3) is 10.9 Å². The van der Waals surface area contributed by atoms with E-state index in [1.165, 1.54) is 11.0 Å². The van der Waals surface area contributed by atoms with E-state index in [0.717, 1.165) is 23.1 Å². The number of nitrogens with one attached hydrogen (secondary N) is 1. The number of aromatic amines is 1. The van der Waals surface area contributed by atoms with Crippen LogP contribution in [-0.4, -0.2) is 38.8 Å². The van der Waals surface area contributed by atoms with E-state index in [1.54, 1.807) is 18.3 Å². The van der Waals surface area contributed by atoms with E-state index in [2.05, 4.69) is 10.2 Å². The van der Waals surface area contributed by atoms with Crippen LogP contribution in [0.4, 0.5) is 13.2 Å². The Kier molecular flexibility index (Phi) is 4.38. The summed E-state index contributed by atoms with van der Waals surface area (Å²) in [4.78, 5) is 14.7. The van der Waals surface area contributed by atoms with Gasteiger partial charge in [-0.05, 0) is 48.7 Å². The van der Waals surface area contributed by atoms with Crippen molar-refractivity contribution in [1.82, 2.24) is 15.1 Å². The van der Waals surface area contributed by atoms with Gasteiger partial charge in [-0.3, -0.25) is 9.89 Å². The van der Waals surface area contributed by atoms with E-state index >= 15 is 0 Å². The zero-order valence-electron chi connectivity index (χ0n) is 15.0. The van der Waals surface area contributed by atoms with Crippen LogP contribution in [0.2, 0.25) is 0 Å². The molecule has 4 rings (SSSR count). The molecule has 146 valence electrons. The molecule has 0 radical (unpaired) electrons. The van der Waals surface area contributed by atoms with E-state index in [0.29, 0.717) is 16.6 Å². The van der Waals surface area contributed by atoms with Gasteiger partial charge in [0.2, 0.25) is 0 Å². The van der Waals surface area contributed by atoms with E-state index in [1.807, 2.05) is 13.0 Å². The number of hydrogen-bond acceptors (Lipinski definition) is 3. The predicted octanol–water partition coefficient (Wildman–Crippen LogP) is 3.84. The summed E-state index contributed by atoms with van der Waals surface area (Å²) >= 11 is 0. The molecule has 0 saturated carbocycles. The number of benzene rings is 2. The SMILES string of the molecule is Cc1cc(C(=O)N2CC(O)CC2c2cccc(C(F)(F)F)c2)c2[nH]ncc2c1. The van der Waals surface area contributed by atoms with Crippen molar-refractivity contribution >= 4 is 16.8 Å². The molecular formula is C20H18F3N3O2. The fourth-order valence-electron chi connectivity index (χ4n) is 3.81. The lowest BCUT2D eigenvalue weighted by Crippen LogP contribution is -2.32. The number of fused-ring (bicyclic) bond motifs is 1. The van der Waals surface area contributed by atoms with Gasteiger partial charge >= 0.3 is 6.18 Å². The number of aliphatic hydroxyl groups is 1. The first-order chi connectivity index (χ1) is 13.2. The minimum absolute atomic E-state index is 0.0588. The number of hydrogen-bond donors (Lipinski definition) is 2. The lowest BCUT2D eigenvalue weighted by Gasteiger charge is -2.26. The summed E-state index contributed by atoms with van der Waals surface area (Å²) in [5, 5.41) is 17.7. The monoisotopic (exact) mass is 389 g/mol. The van der Waals surface area contributed by atoms with Crippen LogP contribution in [0, 0.1) is 6.92 Å². The zero-order valence-corrected chi connectivity index (χ0v) is 15.0. The minimum atomic E-state index is -4.47. The summed E-state index contributed by atoms with van der Waals surface area (Å²) in [5.74, 6) is -0.350. The van der Waals surface area contributed by atoms with Gasteiger partial charge in [0, 0.05) is 11.9 Å². The highest BCUT2D eigenvalue weighted by Gasteiger charge is 2.38. The van der Waals surface area contributed by atoms with E-state index in [9.17, 15) is 23.1 Å². The second kappa shape index (κ2) is 6.63. The van der Waals surface area contributed by atoms with Crippen LogP contribution in [0.5, 0.6) is 0 Å². The highest BCUT2D eigenvalue weighted by atomic mass is 19.4. The summed E-state index contributed by atoms with van der Waals surface area (Å²) in [6.07, 6.45) is -3.47. The summed E-state index contributed by atoms with van der Waals surface area (Å²) in [6, 6.07) is 7.89. The van der Waals surface area contributed by atoms with E-state index < -0.39 is 23.9 Å². The molecule has 5 nitrogen and oxygen atoms in total. The second-order valence-electron chi connectivity index (χ2n) is 7.13. The van der Waals surface area contributed by atoms with Gasteiger partial charge in [0.25, 0.3) is 5.91 Å². The third-order valence-corrected chi connectivity index (χ3v) is 5.06. The lowest BCUT2D eigenvalue weighted by molar-refractivity contribution is -0.137. The first kappa shape index (κ1) is 18.5. The number of carbonyl (C=O) groups is 1. The van der Waals surface area contributed by atoms with Gasteiger partial charge in [-0.2, -0.15) is 18.3 Å². The van der Waals surface area contributed by atoms with Crippen molar-refractivity contribution < 1.29 is 23.1 Å². The van der Waals surface area contributed by atoms with Gasteiger partial charge in [-0.25, -0.2) is 0 Å². The van der Waals surface area contributed by atoms with Gasteiger partial charge in [-0.1, -0.05) is 12.1 Å². The van der Waals surface area contributed by atoms with Gasteiger partial charge in [0.1, 0.15) is 0 Å². The number of aryl methyl sites for hydroxylation is 1. The van der Waals surface area contributed by atoms with Crippen LogP contribution in [0.15, 0.2) is 42.6 Å². The normalized spacial score (nSPS) is 20.1. The van der Waals surface area contributed by atoms with Crippen LogP contribution in [0.1, 0.15) is 39.5 Å². The largest absolute Gasteiger partial charge is 0.416 e. The van der Waals surface area contributed by atoms with E-state index in [4.69, 9.17) is 0 Å². The number of aliphatic hydroxyl groups excluding tert-OH is 1. The van der Waals surface area contributed by atoms with Crippen molar-refractivity contribution in [3.63, 3.8) is 0 Å². The average Bonchev–Trinajstić information content (AvgIpc) is 3.26. The minimum Gasteiger partial charge on any atom is -0.391 e. The number of alkyl halides is 3. The highest BCUT2D eigenvalue weighted by Crippen LogP contribution is 2.37.